The number of guanidine groups is 1. The van der Waals surface area contributed by atoms with Crippen LogP contribution in [0.2, 0.25) is 0 Å². The lowest BCUT2D eigenvalue weighted by Gasteiger charge is -2.31. The molecule has 5 nitrogen and oxygen atoms in total. The van der Waals surface area contributed by atoms with Crippen LogP contribution >= 0.6 is 35.3 Å². The summed E-state index contributed by atoms with van der Waals surface area (Å²) in [6.45, 7) is 3.51. The Hall–Kier alpha value is -0.830. The van der Waals surface area contributed by atoms with Gasteiger partial charge >= 0.3 is 0 Å². The Labute approximate surface area is 166 Å². The highest BCUT2D eigenvalue weighted by Crippen LogP contribution is 2.38. The molecule has 1 heterocycles. The molecule has 0 atom stereocenters. The van der Waals surface area contributed by atoms with Gasteiger partial charge in [-0.1, -0.05) is 12.8 Å². The Bertz CT molecular complexity index is 565. The standard InChI is InChI=1S/C17H28N4OS.HI/c1-13-7-8-14(23-13)11-19-16(18-2)20-12-17(9-5-6-10-17)15(22)21(3)4;/h7-8H,5-6,9-12H2,1-4H3,(H2,18,19,20);1H. The zero-order valence-electron chi connectivity index (χ0n) is 15.0. The largest absolute Gasteiger partial charge is 0.355 e. The van der Waals surface area contributed by atoms with Crippen LogP contribution in [0.15, 0.2) is 17.1 Å². The van der Waals surface area contributed by atoms with Crippen LogP contribution in [0.4, 0.5) is 0 Å². The highest BCUT2D eigenvalue weighted by molar-refractivity contribution is 14.0. The molecule has 0 bridgehead atoms. The maximum atomic E-state index is 12.6. The summed E-state index contributed by atoms with van der Waals surface area (Å²) in [5.74, 6) is 0.987. The average molecular weight is 464 g/mol. The van der Waals surface area contributed by atoms with E-state index in [9.17, 15) is 4.79 Å². The lowest BCUT2D eigenvalue weighted by molar-refractivity contribution is -0.138. The van der Waals surface area contributed by atoms with Gasteiger partial charge in [-0.2, -0.15) is 0 Å². The predicted octanol–water partition coefficient (Wildman–Crippen LogP) is 2.99. The third-order valence-electron chi connectivity index (χ3n) is 4.46. The van der Waals surface area contributed by atoms with Gasteiger partial charge in [-0.15, -0.1) is 35.3 Å². The summed E-state index contributed by atoms with van der Waals surface area (Å²) < 4.78 is 0. The van der Waals surface area contributed by atoms with E-state index in [1.807, 2.05) is 14.1 Å². The number of thiophene rings is 1. The zero-order valence-corrected chi connectivity index (χ0v) is 18.2. The minimum absolute atomic E-state index is 0. The van der Waals surface area contributed by atoms with Crippen LogP contribution in [-0.2, 0) is 11.3 Å². The van der Waals surface area contributed by atoms with E-state index in [0.717, 1.165) is 38.2 Å². The quantitative estimate of drug-likeness (QED) is 0.400. The number of hydrogen-bond acceptors (Lipinski definition) is 3. The second-order valence-corrected chi connectivity index (χ2v) is 7.85. The Morgan fingerprint density at radius 2 is 1.96 bits per heavy atom. The fourth-order valence-electron chi connectivity index (χ4n) is 3.22. The Morgan fingerprint density at radius 1 is 1.29 bits per heavy atom. The number of aryl methyl sites for hydroxylation is 1. The molecular weight excluding hydrogens is 435 g/mol. The number of rotatable bonds is 5. The summed E-state index contributed by atoms with van der Waals surface area (Å²) in [7, 11) is 5.45. The van der Waals surface area contributed by atoms with Crippen LogP contribution in [0.3, 0.4) is 0 Å². The van der Waals surface area contributed by atoms with Gasteiger partial charge < -0.3 is 15.5 Å². The van der Waals surface area contributed by atoms with Crippen molar-refractivity contribution in [3.63, 3.8) is 0 Å². The Balaban J connectivity index is 0.00000288. The lowest BCUT2D eigenvalue weighted by atomic mass is 9.84. The van der Waals surface area contributed by atoms with Crippen LogP contribution in [0, 0.1) is 12.3 Å². The van der Waals surface area contributed by atoms with Gasteiger partial charge in [0.2, 0.25) is 5.91 Å². The summed E-state index contributed by atoms with van der Waals surface area (Å²) in [6.07, 6.45) is 4.17. The molecule has 2 rings (SSSR count). The highest BCUT2D eigenvalue weighted by atomic mass is 127. The topological polar surface area (TPSA) is 56.7 Å². The summed E-state index contributed by atoms with van der Waals surface area (Å²) in [4.78, 5) is 21.2. The monoisotopic (exact) mass is 464 g/mol. The van der Waals surface area contributed by atoms with Gasteiger partial charge in [-0.05, 0) is 31.9 Å². The molecule has 2 N–H and O–H groups in total. The first-order valence-electron chi connectivity index (χ1n) is 8.18. The first-order valence-corrected chi connectivity index (χ1v) is 9.00. The summed E-state index contributed by atoms with van der Waals surface area (Å²) >= 11 is 1.79. The third-order valence-corrected chi connectivity index (χ3v) is 5.47. The van der Waals surface area contributed by atoms with Crippen molar-refractivity contribution in [1.82, 2.24) is 15.5 Å². The van der Waals surface area contributed by atoms with Crippen LogP contribution < -0.4 is 10.6 Å². The lowest BCUT2D eigenvalue weighted by Crippen LogP contribution is -2.49. The molecule has 1 amide bonds. The molecule has 24 heavy (non-hydrogen) atoms. The van der Waals surface area contributed by atoms with E-state index in [1.54, 1.807) is 23.3 Å². The van der Waals surface area contributed by atoms with Crippen LogP contribution in [0.25, 0.3) is 0 Å². The van der Waals surface area contributed by atoms with Gasteiger partial charge in [0.15, 0.2) is 5.96 Å². The van der Waals surface area contributed by atoms with E-state index in [4.69, 9.17) is 0 Å². The molecule has 0 unspecified atom stereocenters. The Kier molecular flexibility index (Phi) is 8.49. The van der Waals surface area contributed by atoms with Gasteiger partial charge in [-0.3, -0.25) is 9.79 Å². The van der Waals surface area contributed by atoms with E-state index < -0.39 is 0 Å². The zero-order chi connectivity index (χ0) is 16.9. The number of carbonyl (C=O) groups is 1. The molecule has 1 aliphatic carbocycles. The van der Waals surface area contributed by atoms with Crippen LogP contribution in [-0.4, -0.2) is 44.5 Å². The molecule has 0 saturated heterocycles. The van der Waals surface area contributed by atoms with E-state index >= 15 is 0 Å². The fraction of sp³-hybridized carbons (Fsp3) is 0.647. The predicted molar refractivity (Wildman–Crippen MR) is 112 cm³/mol. The van der Waals surface area contributed by atoms with Crippen molar-refractivity contribution in [3.05, 3.63) is 21.9 Å². The number of carbonyl (C=O) groups excluding carboxylic acids is 1. The molecule has 1 aromatic heterocycles. The number of hydrogen-bond donors (Lipinski definition) is 2. The first-order chi connectivity index (χ1) is 11.0. The van der Waals surface area contributed by atoms with Gasteiger partial charge in [0, 0.05) is 37.4 Å². The van der Waals surface area contributed by atoms with Crippen LogP contribution in [0.1, 0.15) is 35.4 Å². The van der Waals surface area contributed by atoms with Gasteiger partial charge in [0.25, 0.3) is 0 Å². The summed E-state index contributed by atoms with van der Waals surface area (Å²) in [6, 6.07) is 4.26. The van der Waals surface area contributed by atoms with E-state index in [2.05, 4.69) is 34.7 Å². The molecule has 1 aromatic rings. The van der Waals surface area contributed by atoms with E-state index in [0.29, 0.717) is 6.54 Å². The molecule has 7 heteroatoms. The minimum atomic E-state index is -0.277. The van der Waals surface area contributed by atoms with Crippen molar-refractivity contribution in [2.45, 2.75) is 39.2 Å². The molecule has 136 valence electrons. The van der Waals surface area contributed by atoms with E-state index in [-0.39, 0.29) is 35.3 Å². The molecule has 0 aromatic carbocycles. The number of amides is 1. The molecule has 0 radical (unpaired) electrons. The van der Waals surface area contributed by atoms with Gasteiger partial charge in [0.1, 0.15) is 0 Å². The van der Waals surface area contributed by atoms with Gasteiger partial charge in [0.05, 0.1) is 12.0 Å². The smallest absolute Gasteiger partial charge is 0.230 e. The normalized spacial score (nSPS) is 16.4. The molecule has 0 aliphatic heterocycles. The fourth-order valence-corrected chi connectivity index (χ4v) is 4.05. The summed E-state index contributed by atoms with van der Waals surface area (Å²) in [5.41, 5.74) is -0.277. The van der Waals surface area contributed by atoms with Crippen molar-refractivity contribution in [1.29, 1.82) is 0 Å². The second-order valence-electron chi connectivity index (χ2n) is 6.48. The molecule has 1 saturated carbocycles. The van der Waals surface area contributed by atoms with Gasteiger partial charge in [-0.25, -0.2) is 0 Å². The maximum Gasteiger partial charge on any atom is 0.230 e. The SMILES string of the molecule is CN=C(NCc1ccc(C)s1)NCC1(C(=O)N(C)C)CCCC1.I. The number of nitrogens with one attached hydrogen (secondary N) is 2. The van der Waals surface area contributed by atoms with Crippen molar-refractivity contribution < 1.29 is 4.79 Å². The van der Waals surface area contributed by atoms with Crippen molar-refractivity contribution in [2.24, 2.45) is 10.4 Å². The van der Waals surface area contributed by atoms with E-state index in [1.165, 1.54) is 9.75 Å². The molecule has 1 fully saturated rings. The Morgan fingerprint density at radius 3 is 2.46 bits per heavy atom. The minimum Gasteiger partial charge on any atom is -0.355 e. The van der Waals surface area contributed by atoms with Crippen molar-refractivity contribution in [2.75, 3.05) is 27.7 Å². The average Bonchev–Trinajstić information content (AvgIpc) is 3.16. The summed E-state index contributed by atoms with van der Waals surface area (Å²) in [5, 5.41) is 6.69. The van der Waals surface area contributed by atoms with Crippen molar-refractivity contribution >= 4 is 47.2 Å². The second kappa shape index (κ2) is 9.60. The number of aliphatic imine (C=N–C) groups is 1. The van der Waals surface area contributed by atoms with Crippen molar-refractivity contribution in [3.8, 4) is 0 Å². The highest BCUT2D eigenvalue weighted by Gasteiger charge is 2.42. The molecular formula is C17H29IN4OS. The maximum absolute atomic E-state index is 12.6. The molecule has 1 aliphatic rings. The number of nitrogens with zero attached hydrogens (tertiary/aromatic N) is 2. The first kappa shape index (κ1) is 21.2. The number of halogens is 1. The van der Waals surface area contributed by atoms with Crippen LogP contribution in [0.5, 0.6) is 0 Å². The third kappa shape index (κ3) is 5.34. The molecule has 0 spiro atoms.